The molecule has 12 heteroatoms. The minimum Gasteiger partial charge on any atom is -0.239 e. The molecule has 0 aromatic carbocycles. The largest absolute Gasteiger partial charge is 0.456 e. The summed E-state index contributed by atoms with van der Waals surface area (Å²) in [5.74, 6) is -12.2. The quantitative estimate of drug-likeness (QED) is 0.669. The van der Waals surface area contributed by atoms with Gasteiger partial charge in [0, 0.05) is 0 Å². The molecule has 1 unspecified atom stereocenters. The molecule has 0 nitrogen and oxygen atoms in total. The predicted octanol–water partition coefficient (Wildman–Crippen LogP) is 4.26. The molecular weight excluding hydrogens is 300 g/mol. The molecule has 0 aromatic heterocycles. The Balaban J connectivity index is 5.57. The van der Waals surface area contributed by atoms with Gasteiger partial charge in [-0.15, -0.1) is 0 Å². The summed E-state index contributed by atoms with van der Waals surface area (Å²) in [5, 5.41) is 0. The van der Waals surface area contributed by atoms with Crippen molar-refractivity contribution in [2.24, 2.45) is 5.92 Å². The van der Waals surface area contributed by atoms with Gasteiger partial charge in [-0.2, -0.15) is 48.3 Å². The van der Waals surface area contributed by atoms with E-state index in [0.717, 1.165) is 0 Å². The van der Waals surface area contributed by atoms with E-state index in [0.29, 0.717) is 0 Å². The van der Waals surface area contributed by atoms with Crippen LogP contribution in [0.15, 0.2) is 0 Å². The highest BCUT2D eigenvalue weighted by Crippen LogP contribution is 2.50. The van der Waals surface area contributed by atoms with Crippen molar-refractivity contribution >= 4 is 0 Å². The third kappa shape index (κ3) is 3.34. The van der Waals surface area contributed by atoms with E-state index in [1.165, 1.54) is 0 Å². The van der Waals surface area contributed by atoms with E-state index in [9.17, 15) is 52.7 Å². The molecule has 1 atom stereocenters. The third-order valence-corrected chi connectivity index (χ3v) is 1.72. The normalized spacial score (nSPS) is 17.2. The summed E-state index contributed by atoms with van der Waals surface area (Å²) < 4.78 is 142. The average Bonchev–Trinajstić information content (AvgIpc) is 1.95. The van der Waals surface area contributed by atoms with Crippen LogP contribution >= 0.6 is 0 Å². The van der Waals surface area contributed by atoms with Gasteiger partial charge >= 0.3 is 24.5 Å². The molecule has 0 amide bonds. The number of rotatable bonds is 2. The fourth-order valence-electron chi connectivity index (χ4n) is 0.883. The summed E-state index contributed by atoms with van der Waals surface area (Å²) in [5.41, 5.74) is 0. The van der Waals surface area contributed by atoms with Crippen molar-refractivity contribution in [3.8, 4) is 0 Å². The van der Waals surface area contributed by atoms with Crippen LogP contribution in [0.25, 0.3) is 0 Å². The first-order valence-corrected chi connectivity index (χ1v) is 3.75. The lowest BCUT2D eigenvalue weighted by molar-refractivity contribution is -0.359. The van der Waals surface area contributed by atoms with Crippen LogP contribution in [-0.2, 0) is 0 Å². The van der Waals surface area contributed by atoms with Crippen LogP contribution in [0.2, 0.25) is 0 Å². The number of alkyl halides is 12. The minimum absolute atomic E-state index is 5.43. The molecule has 0 spiro atoms. The highest BCUT2D eigenvalue weighted by atomic mass is 19.4. The van der Waals surface area contributed by atoms with Crippen molar-refractivity contribution in [1.82, 2.24) is 0 Å². The maximum Gasteiger partial charge on any atom is 0.456 e. The molecule has 0 N–H and O–H groups in total. The van der Waals surface area contributed by atoms with E-state index in [1.807, 2.05) is 0 Å². The standard InChI is InChI=1S/C6H2F12/c7-2(3(8,9)6(16,17)18)1(4(10,11)12)5(13,14)15/h1-2H. The summed E-state index contributed by atoms with van der Waals surface area (Å²) in [6.07, 6.45) is -25.7. The van der Waals surface area contributed by atoms with Crippen molar-refractivity contribution in [3.63, 3.8) is 0 Å². The lowest BCUT2D eigenvalue weighted by Gasteiger charge is -2.31. The Hall–Kier alpha value is -0.840. The Morgan fingerprint density at radius 1 is 0.556 bits per heavy atom. The molecular formula is C6H2F12. The Kier molecular flexibility index (Phi) is 4.16. The van der Waals surface area contributed by atoms with E-state index < -0.39 is 36.5 Å². The molecule has 0 radical (unpaired) electrons. The molecule has 0 bridgehead atoms. The third-order valence-electron chi connectivity index (χ3n) is 1.72. The van der Waals surface area contributed by atoms with E-state index in [1.54, 1.807) is 0 Å². The van der Waals surface area contributed by atoms with E-state index in [4.69, 9.17) is 0 Å². The van der Waals surface area contributed by atoms with Crippen LogP contribution in [0, 0.1) is 5.92 Å². The fourth-order valence-corrected chi connectivity index (χ4v) is 0.883. The zero-order valence-electron chi connectivity index (χ0n) is 7.69. The molecule has 110 valence electrons. The summed E-state index contributed by atoms with van der Waals surface area (Å²) >= 11 is 0. The molecule has 18 heavy (non-hydrogen) atoms. The SMILES string of the molecule is FC(C(C(F)(F)F)C(F)(F)F)C(F)(F)C(F)(F)F. The fraction of sp³-hybridized carbons (Fsp3) is 1.00. The topological polar surface area (TPSA) is 0 Å². The van der Waals surface area contributed by atoms with Crippen LogP contribution in [0.5, 0.6) is 0 Å². The van der Waals surface area contributed by atoms with Crippen LogP contribution in [0.1, 0.15) is 0 Å². The first-order valence-electron chi connectivity index (χ1n) is 3.75. The maximum atomic E-state index is 12.4. The first kappa shape index (κ1) is 17.2. The summed E-state index contributed by atoms with van der Waals surface area (Å²) in [4.78, 5) is 0. The second kappa shape index (κ2) is 4.37. The van der Waals surface area contributed by atoms with Gasteiger partial charge in [0.2, 0.25) is 0 Å². The first-order chi connectivity index (χ1) is 7.53. The Labute approximate surface area is 90.6 Å². The Morgan fingerprint density at radius 2 is 0.833 bits per heavy atom. The van der Waals surface area contributed by atoms with Gasteiger partial charge in [-0.25, -0.2) is 4.39 Å². The molecule has 0 heterocycles. The smallest absolute Gasteiger partial charge is 0.239 e. The van der Waals surface area contributed by atoms with Gasteiger partial charge in [0.1, 0.15) is 0 Å². The van der Waals surface area contributed by atoms with E-state index in [2.05, 4.69) is 0 Å². The molecule has 0 aliphatic carbocycles. The maximum absolute atomic E-state index is 12.4. The summed E-state index contributed by atoms with van der Waals surface area (Å²) in [6, 6.07) is 0. The van der Waals surface area contributed by atoms with Crippen LogP contribution in [0.4, 0.5) is 52.7 Å². The highest BCUT2D eigenvalue weighted by Gasteiger charge is 2.73. The second-order valence-corrected chi connectivity index (χ2v) is 3.08. The highest BCUT2D eigenvalue weighted by molar-refractivity contribution is 4.94. The zero-order chi connectivity index (χ0) is 15.2. The molecule has 0 rings (SSSR count). The van der Waals surface area contributed by atoms with E-state index in [-0.39, 0.29) is 0 Å². The Bertz CT molecular complexity index is 264. The van der Waals surface area contributed by atoms with Gasteiger partial charge < -0.3 is 0 Å². The average molecular weight is 302 g/mol. The van der Waals surface area contributed by atoms with Crippen molar-refractivity contribution in [1.29, 1.82) is 0 Å². The number of hydrogen-bond donors (Lipinski definition) is 0. The molecule has 0 aliphatic rings. The minimum atomic E-state index is -6.87. The lowest BCUT2D eigenvalue weighted by atomic mass is 9.96. The van der Waals surface area contributed by atoms with Gasteiger partial charge in [-0.1, -0.05) is 0 Å². The van der Waals surface area contributed by atoms with Crippen molar-refractivity contribution in [2.45, 2.75) is 30.6 Å². The van der Waals surface area contributed by atoms with Crippen molar-refractivity contribution in [3.05, 3.63) is 0 Å². The second-order valence-electron chi connectivity index (χ2n) is 3.08. The summed E-state index contributed by atoms with van der Waals surface area (Å²) in [7, 11) is 0. The predicted molar refractivity (Wildman–Crippen MR) is 31.5 cm³/mol. The number of hydrogen-bond acceptors (Lipinski definition) is 0. The van der Waals surface area contributed by atoms with Crippen LogP contribution < -0.4 is 0 Å². The monoisotopic (exact) mass is 302 g/mol. The Morgan fingerprint density at radius 3 is 1.00 bits per heavy atom. The van der Waals surface area contributed by atoms with Crippen LogP contribution in [-0.4, -0.2) is 30.6 Å². The molecule has 0 aliphatic heterocycles. The molecule has 0 saturated carbocycles. The zero-order valence-corrected chi connectivity index (χ0v) is 7.69. The van der Waals surface area contributed by atoms with Gasteiger partial charge in [-0.05, 0) is 0 Å². The van der Waals surface area contributed by atoms with E-state index >= 15 is 0 Å². The molecule has 0 saturated heterocycles. The van der Waals surface area contributed by atoms with Crippen LogP contribution in [0.3, 0.4) is 0 Å². The van der Waals surface area contributed by atoms with Gasteiger partial charge in [0.05, 0.1) is 0 Å². The van der Waals surface area contributed by atoms with Gasteiger partial charge in [0.25, 0.3) is 0 Å². The molecule has 0 aromatic rings. The van der Waals surface area contributed by atoms with Gasteiger partial charge in [-0.3, -0.25) is 0 Å². The van der Waals surface area contributed by atoms with Gasteiger partial charge in [0.15, 0.2) is 12.1 Å². The number of halogens is 12. The van der Waals surface area contributed by atoms with Crippen molar-refractivity contribution in [2.75, 3.05) is 0 Å². The summed E-state index contributed by atoms with van der Waals surface area (Å²) in [6.45, 7) is 0. The lowest BCUT2D eigenvalue weighted by Crippen LogP contribution is -2.55. The molecule has 0 fully saturated rings. The van der Waals surface area contributed by atoms with Crippen molar-refractivity contribution < 1.29 is 52.7 Å².